The van der Waals surface area contributed by atoms with E-state index in [1.165, 1.54) is 6.42 Å². The lowest BCUT2D eigenvalue weighted by Gasteiger charge is -2.19. The van der Waals surface area contributed by atoms with Gasteiger partial charge in [0.2, 0.25) is 0 Å². The fourth-order valence-corrected chi connectivity index (χ4v) is 2.14. The number of nitrogen functional groups attached to an aromatic ring is 1. The molecule has 0 saturated heterocycles. The van der Waals surface area contributed by atoms with Crippen LogP contribution in [0.15, 0.2) is 12.3 Å². The van der Waals surface area contributed by atoms with Crippen LogP contribution in [0.4, 0.5) is 11.5 Å². The van der Waals surface area contributed by atoms with Crippen molar-refractivity contribution in [3.05, 3.63) is 17.3 Å². The maximum Gasteiger partial charge on any atom is 0.147 e. The maximum atomic E-state index is 6.08. The highest BCUT2D eigenvalue weighted by atomic mass is 35.5. The Morgan fingerprint density at radius 3 is 2.87 bits per heavy atom. The van der Waals surface area contributed by atoms with Gasteiger partial charge in [-0.3, -0.25) is 0 Å². The van der Waals surface area contributed by atoms with Crippen molar-refractivity contribution in [2.24, 2.45) is 11.8 Å². The van der Waals surface area contributed by atoms with Crippen LogP contribution in [0.5, 0.6) is 0 Å². The number of anilines is 2. The molecule has 0 spiro atoms. The van der Waals surface area contributed by atoms with Gasteiger partial charge >= 0.3 is 0 Å². The van der Waals surface area contributed by atoms with Crippen LogP contribution in [0.1, 0.15) is 13.3 Å². The molecule has 3 nitrogen and oxygen atoms in total. The number of aromatic nitrogens is 1. The molecule has 0 aliphatic heterocycles. The molecule has 1 aliphatic rings. The lowest BCUT2D eigenvalue weighted by atomic mass is 10.3. The smallest absolute Gasteiger partial charge is 0.147 e. The van der Waals surface area contributed by atoms with Crippen LogP contribution in [0.3, 0.4) is 0 Å². The first-order chi connectivity index (χ1) is 7.08. The third-order valence-corrected chi connectivity index (χ3v) is 3.27. The molecule has 4 heteroatoms. The van der Waals surface area contributed by atoms with Gasteiger partial charge in [0.05, 0.1) is 16.9 Å². The van der Waals surface area contributed by atoms with E-state index in [2.05, 4.69) is 16.8 Å². The van der Waals surface area contributed by atoms with Crippen molar-refractivity contribution in [2.75, 3.05) is 24.2 Å². The second kappa shape index (κ2) is 3.89. The molecule has 2 rings (SSSR count). The first kappa shape index (κ1) is 10.6. The second-order valence-electron chi connectivity index (χ2n) is 4.43. The maximum absolute atomic E-state index is 6.08. The first-order valence-corrected chi connectivity index (χ1v) is 5.58. The van der Waals surface area contributed by atoms with Gasteiger partial charge in [-0.2, -0.15) is 0 Å². The van der Waals surface area contributed by atoms with E-state index in [4.69, 9.17) is 17.3 Å². The van der Waals surface area contributed by atoms with Crippen molar-refractivity contribution >= 4 is 23.1 Å². The van der Waals surface area contributed by atoms with E-state index in [1.54, 1.807) is 12.3 Å². The Balaban J connectivity index is 2.07. The summed E-state index contributed by atoms with van der Waals surface area (Å²) in [5.74, 6) is 2.47. The molecule has 0 amide bonds. The van der Waals surface area contributed by atoms with Crippen molar-refractivity contribution in [2.45, 2.75) is 13.3 Å². The largest absolute Gasteiger partial charge is 0.397 e. The summed E-state index contributed by atoms with van der Waals surface area (Å²) in [5.41, 5.74) is 6.21. The molecule has 1 fully saturated rings. The zero-order chi connectivity index (χ0) is 11.0. The van der Waals surface area contributed by atoms with Crippen LogP contribution in [0.25, 0.3) is 0 Å². The Hall–Kier alpha value is -0.960. The van der Waals surface area contributed by atoms with E-state index in [9.17, 15) is 0 Å². The van der Waals surface area contributed by atoms with Gasteiger partial charge in [-0.25, -0.2) is 4.98 Å². The Bertz CT molecular complexity index is 367. The lowest BCUT2D eigenvalue weighted by molar-refractivity contribution is 0.720. The number of pyridine rings is 1. The molecule has 2 unspecified atom stereocenters. The molecule has 0 aromatic carbocycles. The average molecular weight is 226 g/mol. The van der Waals surface area contributed by atoms with Gasteiger partial charge < -0.3 is 10.6 Å². The molecular formula is C11H16ClN3. The fraction of sp³-hybridized carbons (Fsp3) is 0.545. The number of halogens is 1. The quantitative estimate of drug-likeness (QED) is 0.859. The molecule has 2 atom stereocenters. The van der Waals surface area contributed by atoms with Crippen LogP contribution in [0.2, 0.25) is 5.02 Å². The highest BCUT2D eigenvalue weighted by Gasteiger charge is 2.33. The van der Waals surface area contributed by atoms with Crippen molar-refractivity contribution in [1.82, 2.24) is 4.98 Å². The van der Waals surface area contributed by atoms with E-state index >= 15 is 0 Å². The van der Waals surface area contributed by atoms with E-state index in [0.29, 0.717) is 10.7 Å². The van der Waals surface area contributed by atoms with Crippen LogP contribution in [-0.2, 0) is 0 Å². The Morgan fingerprint density at radius 1 is 1.67 bits per heavy atom. The van der Waals surface area contributed by atoms with Gasteiger partial charge in [-0.15, -0.1) is 0 Å². The molecule has 2 N–H and O–H groups in total. The Labute approximate surface area is 95.2 Å². The molecular weight excluding hydrogens is 210 g/mol. The fourth-order valence-electron chi connectivity index (χ4n) is 1.82. The molecule has 15 heavy (non-hydrogen) atoms. The summed E-state index contributed by atoms with van der Waals surface area (Å²) in [5, 5.41) is 0.630. The molecule has 82 valence electrons. The molecule has 1 aromatic rings. The van der Waals surface area contributed by atoms with E-state index in [1.807, 2.05) is 7.05 Å². The van der Waals surface area contributed by atoms with Gasteiger partial charge in [0.1, 0.15) is 5.82 Å². The number of hydrogen-bond acceptors (Lipinski definition) is 3. The van der Waals surface area contributed by atoms with Crippen molar-refractivity contribution in [3.8, 4) is 0 Å². The molecule has 1 heterocycles. The minimum absolute atomic E-state index is 0.608. The van der Waals surface area contributed by atoms with Crippen molar-refractivity contribution in [3.63, 3.8) is 0 Å². The van der Waals surface area contributed by atoms with Crippen LogP contribution < -0.4 is 10.6 Å². The van der Waals surface area contributed by atoms with Gasteiger partial charge in [0.15, 0.2) is 0 Å². The molecule has 0 bridgehead atoms. The zero-order valence-corrected chi connectivity index (χ0v) is 9.83. The minimum atomic E-state index is 0.608. The standard InChI is InChI=1S/C11H16ClN3/c1-7-3-8(7)6-15(2)11-10(12)4-9(13)5-14-11/h4-5,7-8H,3,6,13H2,1-2H3. The van der Waals surface area contributed by atoms with Gasteiger partial charge in [-0.05, 0) is 24.3 Å². The molecule has 0 radical (unpaired) electrons. The molecule has 1 aliphatic carbocycles. The predicted molar refractivity (Wildman–Crippen MR) is 64.2 cm³/mol. The van der Waals surface area contributed by atoms with Crippen molar-refractivity contribution in [1.29, 1.82) is 0 Å². The summed E-state index contributed by atoms with van der Waals surface area (Å²) in [6.07, 6.45) is 2.96. The third kappa shape index (κ3) is 2.34. The van der Waals surface area contributed by atoms with Gasteiger partial charge in [0, 0.05) is 13.6 Å². The van der Waals surface area contributed by atoms with Crippen LogP contribution >= 0.6 is 11.6 Å². The first-order valence-electron chi connectivity index (χ1n) is 5.20. The summed E-state index contributed by atoms with van der Waals surface area (Å²) >= 11 is 6.08. The van der Waals surface area contributed by atoms with Gasteiger partial charge in [0.25, 0.3) is 0 Å². The number of nitrogens with zero attached hydrogens (tertiary/aromatic N) is 2. The molecule has 1 aromatic heterocycles. The Kier molecular flexibility index (Phi) is 2.74. The summed E-state index contributed by atoms with van der Waals surface area (Å²) < 4.78 is 0. The number of rotatable bonds is 3. The minimum Gasteiger partial charge on any atom is -0.397 e. The number of nitrogens with two attached hydrogens (primary N) is 1. The van der Waals surface area contributed by atoms with E-state index in [-0.39, 0.29) is 0 Å². The van der Waals surface area contributed by atoms with Crippen LogP contribution in [0, 0.1) is 11.8 Å². The SMILES string of the molecule is CC1CC1CN(C)c1ncc(N)cc1Cl. The van der Waals surface area contributed by atoms with Crippen molar-refractivity contribution < 1.29 is 0 Å². The zero-order valence-electron chi connectivity index (χ0n) is 9.07. The molecule has 1 saturated carbocycles. The highest BCUT2D eigenvalue weighted by molar-refractivity contribution is 6.33. The topological polar surface area (TPSA) is 42.2 Å². The summed E-state index contributed by atoms with van der Waals surface area (Å²) in [7, 11) is 2.02. The third-order valence-electron chi connectivity index (χ3n) is 2.99. The van der Waals surface area contributed by atoms with Gasteiger partial charge in [-0.1, -0.05) is 18.5 Å². The predicted octanol–water partition coefficient (Wildman–Crippen LogP) is 2.41. The van der Waals surface area contributed by atoms with E-state index in [0.717, 1.165) is 24.2 Å². The lowest BCUT2D eigenvalue weighted by Crippen LogP contribution is -2.22. The monoisotopic (exact) mass is 225 g/mol. The summed E-state index contributed by atoms with van der Waals surface area (Å²) in [4.78, 5) is 6.36. The summed E-state index contributed by atoms with van der Waals surface area (Å²) in [6.45, 7) is 3.30. The van der Waals surface area contributed by atoms with Crippen LogP contribution in [-0.4, -0.2) is 18.6 Å². The normalized spacial score (nSPS) is 23.9. The average Bonchev–Trinajstić information content (AvgIpc) is 2.81. The highest BCUT2D eigenvalue weighted by Crippen LogP contribution is 2.39. The van der Waals surface area contributed by atoms with E-state index < -0.39 is 0 Å². The summed E-state index contributed by atoms with van der Waals surface area (Å²) in [6, 6.07) is 1.75. The Morgan fingerprint density at radius 2 is 2.33 bits per heavy atom. The number of hydrogen-bond donors (Lipinski definition) is 1. The second-order valence-corrected chi connectivity index (χ2v) is 4.83.